The molecule has 10 heteroatoms. The predicted octanol–water partition coefficient (Wildman–Crippen LogP) is 1.04. The number of hydrogen-bond donors (Lipinski definition) is 1. The van der Waals surface area contributed by atoms with Gasteiger partial charge in [0.05, 0.1) is 17.2 Å². The van der Waals surface area contributed by atoms with Gasteiger partial charge in [0.15, 0.2) is 0 Å². The molecule has 0 saturated carbocycles. The zero-order valence-corrected chi connectivity index (χ0v) is 12.0. The van der Waals surface area contributed by atoms with E-state index in [9.17, 15) is 0 Å². The lowest BCUT2D eigenvalue weighted by Gasteiger charge is -1.99. The zero-order chi connectivity index (χ0) is 13.8. The van der Waals surface area contributed by atoms with E-state index >= 15 is 0 Å². The van der Waals surface area contributed by atoms with Crippen LogP contribution in [0, 0.1) is 0 Å². The van der Waals surface area contributed by atoms with E-state index in [1.54, 1.807) is 16.0 Å². The number of tetrazole rings is 1. The monoisotopic (exact) mass is 309 g/mol. The number of thioether (sulfide) groups is 1. The summed E-state index contributed by atoms with van der Waals surface area (Å²) in [7, 11) is 0. The summed E-state index contributed by atoms with van der Waals surface area (Å²) < 4.78 is 6.86. The summed E-state index contributed by atoms with van der Waals surface area (Å²) in [5.74, 6) is 1.67. The first-order valence-corrected chi connectivity index (χ1v) is 7.69. The van der Waals surface area contributed by atoms with Crippen molar-refractivity contribution in [2.75, 3.05) is 6.54 Å². The van der Waals surface area contributed by atoms with Crippen LogP contribution in [0.5, 0.6) is 0 Å². The third-order valence-electron chi connectivity index (χ3n) is 2.37. The van der Waals surface area contributed by atoms with Gasteiger partial charge in [-0.25, -0.2) is 4.68 Å². The number of nitrogens with zero attached hydrogens (tertiary/aromatic N) is 6. The minimum absolute atomic E-state index is 0.488. The number of rotatable bonds is 6. The summed E-state index contributed by atoms with van der Waals surface area (Å²) in [6.45, 7) is 1.07. The van der Waals surface area contributed by atoms with Gasteiger partial charge in [-0.1, -0.05) is 23.0 Å². The quantitative estimate of drug-likeness (QED) is 0.673. The fraction of sp³-hybridized carbons (Fsp3) is 0.300. The molecule has 8 nitrogen and oxygen atoms in total. The Hall–Kier alpha value is -1.78. The average molecular weight is 309 g/mol. The lowest BCUT2D eigenvalue weighted by molar-refractivity contribution is 0.391. The maximum Gasteiger partial charge on any atom is 0.237 e. The molecule has 20 heavy (non-hydrogen) atoms. The second kappa shape index (κ2) is 6.11. The number of thiophene rings is 1. The van der Waals surface area contributed by atoms with Crippen LogP contribution in [-0.2, 0) is 12.3 Å². The van der Waals surface area contributed by atoms with Gasteiger partial charge in [0.25, 0.3) is 0 Å². The van der Waals surface area contributed by atoms with Gasteiger partial charge < -0.3 is 10.3 Å². The van der Waals surface area contributed by atoms with Gasteiger partial charge in [0.1, 0.15) is 0 Å². The van der Waals surface area contributed by atoms with Crippen molar-refractivity contribution >= 4 is 23.1 Å². The Morgan fingerprint density at radius 2 is 2.40 bits per heavy atom. The number of hydrogen-bond acceptors (Lipinski definition) is 9. The molecular formula is C10H11N7OS2. The molecule has 0 aliphatic heterocycles. The van der Waals surface area contributed by atoms with Crippen molar-refractivity contribution < 1.29 is 4.52 Å². The molecule has 3 aromatic heterocycles. The minimum Gasteiger partial charge on any atom is -0.338 e. The summed E-state index contributed by atoms with van der Waals surface area (Å²) in [6, 6.07) is 3.90. The van der Waals surface area contributed by atoms with Crippen molar-refractivity contribution in [1.82, 2.24) is 30.3 Å². The van der Waals surface area contributed by atoms with Gasteiger partial charge >= 0.3 is 0 Å². The Morgan fingerprint density at radius 3 is 3.20 bits per heavy atom. The average Bonchev–Trinajstić information content (AvgIpc) is 3.18. The minimum atomic E-state index is 0.488. The van der Waals surface area contributed by atoms with E-state index in [1.807, 2.05) is 17.5 Å². The molecule has 3 heterocycles. The first-order chi connectivity index (χ1) is 9.86. The van der Waals surface area contributed by atoms with E-state index in [2.05, 4.69) is 25.7 Å². The fourth-order valence-corrected chi connectivity index (χ4v) is 2.90. The van der Waals surface area contributed by atoms with Crippen molar-refractivity contribution in [3.05, 3.63) is 23.4 Å². The third-order valence-corrected chi connectivity index (χ3v) is 4.18. The maximum atomic E-state index is 5.49. The number of aromatic nitrogens is 6. The van der Waals surface area contributed by atoms with Crippen molar-refractivity contribution in [1.29, 1.82) is 0 Å². The van der Waals surface area contributed by atoms with E-state index in [-0.39, 0.29) is 0 Å². The molecule has 0 bridgehead atoms. The topological polar surface area (TPSA) is 109 Å². The van der Waals surface area contributed by atoms with Crippen LogP contribution in [-0.4, -0.2) is 36.9 Å². The number of nitrogens with two attached hydrogens (primary N) is 1. The molecule has 2 N–H and O–H groups in total. The van der Waals surface area contributed by atoms with Crippen molar-refractivity contribution in [3.8, 4) is 10.7 Å². The Morgan fingerprint density at radius 1 is 1.45 bits per heavy atom. The molecule has 0 spiro atoms. The Bertz CT molecular complexity index is 663. The van der Waals surface area contributed by atoms with Crippen molar-refractivity contribution in [3.63, 3.8) is 0 Å². The molecule has 104 valence electrons. The molecule has 3 aromatic rings. The van der Waals surface area contributed by atoms with Crippen LogP contribution in [0.3, 0.4) is 0 Å². The van der Waals surface area contributed by atoms with E-state index in [0.717, 1.165) is 4.88 Å². The first-order valence-electron chi connectivity index (χ1n) is 5.82. The van der Waals surface area contributed by atoms with Gasteiger partial charge in [-0.05, 0) is 21.9 Å². The lowest BCUT2D eigenvalue weighted by atomic mass is 10.4. The van der Waals surface area contributed by atoms with Gasteiger partial charge in [-0.2, -0.15) is 4.98 Å². The van der Waals surface area contributed by atoms with Crippen LogP contribution < -0.4 is 5.73 Å². The predicted molar refractivity (Wildman–Crippen MR) is 74.0 cm³/mol. The van der Waals surface area contributed by atoms with Crippen LogP contribution >= 0.6 is 23.1 Å². The second-order valence-electron chi connectivity index (χ2n) is 3.75. The third kappa shape index (κ3) is 2.86. The molecule has 0 aliphatic carbocycles. The summed E-state index contributed by atoms with van der Waals surface area (Å²) in [5, 5.41) is 18.0. The van der Waals surface area contributed by atoms with Crippen molar-refractivity contribution in [2.45, 2.75) is 17.5 Å². The molecule has 0 fully saturated rings. The van der Waals surface area contributed by atoms with Crippen LogP contribution in [0.15, 0.2) is 27.2 Å². The normalized spacial score (nSPS) is 11.1. The second-order valence-corrected chi connectivity index (χ2v) is 5.64. The first kappa shape index (κ1) is 13.2. The smallest absolute Gasteiger partial charge is 0.237 e. The van der Waals surface area contributed by atoms with Crippen LogP contribution in [0.25, 0.3) is 10.7 Å². The van der Waals surface area contributed by atoms with E-state index in [4.69, 9.17) is 10.3 Å². The lowest BCUT2D eigenvalue weighted by Crippen LogP contribution is -2.12. The van der Waals surface area contributed by atoms with Gasteiger partial charge in [-0.3, -0.25) is 0 Å². The highest BCUT2D eigenvalue weighted by Gasteiger charge is 2.12. The molecular weight excluding hydrogens is 298 g/mol. The molecule has 0 amide bonds. The fourth-order valence-electron chi connectivity index (χ4n) is 1.51. The highest BCUT2D eigenvalue weighted by Crippen LogP contribution is 2.24. The molecule has 0 aliphatic rings. The summed E-state index contributed by atoms with van der Waals surface area (Å²) in [6.07, 6.45) is 0. The molecule has 0 atom stereocenters. The molecule has 3 rings (SSSR count). The van der Waals surface area contributed by atoms with Gasteiger partial charge in [-0.15, -0.1) is 16.4 Å². The van der Waals surface area contributed by atoms with Crippen LogP contribution in [0.4, 0.5) is 0 Å². The van der Waals surface area contributed by atoms with E-state index in [0.29, 0.717) is 35.7 Å². The van der Waals surface area contributed by atoms with Gasteiger partial charge in [0.2, 0.25) is 16.9 Å². The van der Waals surface area contributed by atoms with E-state index < -0.39 is 0 Å². The SMILES string of the molecule is NCCn1nnnc1SCc1nc(-c2cccs2)no1. The largest absolute Gasteiger partial charge is 0.338 e. The molecule has 0 unspecified atom stereocenters. The summed E-state index contributed by atoms with van der Waals surface area (Å²) in [4.78, 5) is 5.32. The summed E-state index contributed by atoms with van der Waals surface area (Å²) >= 11 is 3.01. The Labute approximate surface area is 122 Å². The zero-order valence-electron chi connectivity index (χ0n) is 10.3. The summed E-state index contributed by atoms with van der Waals surface area (Å²) in [5.41, 5.74) is 5.49. The highest BCUT2D eigenvalue weighted by atomic mass is 32.2. The Kier molecular flexibility index (Phi) is 4.04. The molecule has 0 aromatic carbocycles. The van der Waals surface area contributed by atoms with E-state index in [1.165, 1.54) is 11.8 Å². The van der Waals surface area contributed by atoms with Crippen LogP contribution in [0.1, 0.15) is 5.89 Å². The van der Waals surface area contributed by atoms with Crippen LogP contribution in [0.2, 0.25) is 0 Å². The highest BCUT2D eigenvalue weighted by molar-refractivity contribution is 7.98. The van der Waals surface area contributed by atoms with Crippen molar-refractivity contribution in [2.24, 2.45) is 5.73 Å². The Balaban J connectivity index is 1.65. The standard InChI is InChI=1S/C10H11N7OS2/c11-3-4-17-10(13-15-16-17)20-6-8-12-9(14-18-8)7-2-1-5-19-7/h1-2,5H,3-4,6,11H2. The molecule has 0 radical (unpaired) electrons. The maximum absolute atomic E-state index is 5.49. The van der Waals surface area contributed by atoms with Gasteiger partial charge in [0, 0.05) is 6.54 Å². The molecule has 0 saturated heterocycles.